The molecule has 1 aromatic heterocycles. The van der Waals surface area contributed by atoms with Crippen LogP contribution in [0.1, 0.15) is 11.1 Å². The van der Waals surface area contributed by atoms with Gasteiger partial charge in [0.1, 0.15) is 0 Å². The number of para-hydroxylation sites is 1. The number of hydrogen-bond donors (Lipinski definition) is 2. The van der Waals surface area contributed by atoms with Gasteiger partial charge in [-0.25, -0.2) is 5.43 Å². The SMILES string of the molecule is O=C(Cc1c[nH]c2ccccc12)N/N=C\c1ccc(Cl)cc1[N+](=O)[O-]. The van der Waals surface area contributed by atoms with E-state index in [0.29, 0.717) is 0 Å². The molecule has 7 nitrogen and oxygen atoms in total. The number of nitrogens with one attached hydrogen (secondary N) is 2. The fourth-order valence-corrected chi connectivity index (χ4v) is 2.61. The number of hydrogen-bond acceptors (Lipinski definition) is 4. The molecule has 8 heteroatoms. The van der Waals surface area contributed by atoms with E-state index in [1.165, 1.54) is 24.4 Å². The van der Waals surface area contributed by atoms with Crippen LogP contribution in [0.25, 0.3) is 10.9 Å². The molecule has 0 saturated carbocycles. The zero-order valence-electron chi connectivity index (χ0n) is 12.9. The van der Waals surface area contributed by atoms with Crippen molar-refractivity contribution in [2.24, 2.45) is 5.10 Å². The minimum Gasteiger partial charge on any atom is -0.361 e. The van der Waals surface area contributed by atoms with Gasteiger partial charge >= 0.3 is 0 Å². The molecule has 0 spiro atoms. The molecule has 0 bridgehead atoms. The molecule has 2 N–H and O–H groups in total. The van der Waals surface area contributed by atoms with Gasteiger partial charge in [-0.1, -0.05) is 29.8 Å². The van der Waals surface area contributed by atoms with Crippen LogP contribution < -0.4 is 5.43 Å². The topological polar surface area (TPSA) is 100 Å². The van der Waals surface area contributed by atoms with Crippen molar-refractivity contribution in [3.05, 3.63) is 74.9 Å². The summed E-state index contributed by atoms with van der Waals surface area (Å²) in [5.41, 5.74) is 4.25. The number of fused-ring (bicyclic) bond motifs is 1. The number of aromatic amines is 1. The summed E-state index contributed by atoms with van der Waals surface area (Å²) in [5, 5.41) is 16.0. The highest BCUT2D eigenvalue weighted by Gasteiger charge is 2.13. The molecule has 0 aliphatic carbocycles. The maximum absolute atomic E-state index is 12.0. The molecule has 3 aromatic rings. The molecule has 0 fully saturated rings. The lowest BCUT2D eigenvalue weighted by atomic mass is 10.1. The maximum Gasteiger partial charge on any atom is 0.279 e. The molecule has 0 unspecified atom stereocenters. The van der Waals surface area contributed by atoms with Crippen LogP contribution in [0.2, 0.25) is 5.02 Å². The molecule has 0 atom stereocenters. The number of amides is 1. The number of carbonyl (C=O) groups is 1. The first-order valence-electron chi connectivity index (χ1n) is 7.35. The number of aromatic nitrogens is 1. The van der Waals surface area contributed by atoms with Crippen LogP contribution in [0, 0.1) is 10.1 Å². The lowest BCUT2D eigenvalue weighted by molar-refractivity contribution is -0.385. The van der Waals surface area contributed by atoms with Gasteiger partial charge in [-0.3, -0.25) is 14.9 Å². The van der Waals surface area contributed by atoms with E-state index in [0.717, 1.165) is 16.5 Å². The van der Waals surface area contributed by atoms with E-state index in [9.17, 15) is 14.9 Å². The second-order valence-corrected chi connectivity index (χ2v) is 5.73. The van der Waals surface area contributed by atoms with Crippen molar-refractivity contribution in [1.82, 2.24) is 10.4 Å². The standard InChI is InChI=1S/C17H13ClN4O3/c18-13-6-5-11(16(8-13)22(24)25)10-20-21-17(23)7-12-9-19-15-4-2-1-3-14(12)15/h1-6,8-10,19H,7H2,(H,21,23)/b20-10-. The first kappa shape index (κ1) is 16.7. The summed E-state index contributed by atoms with van der Waals surface area (Å²) in [5.74, 6) is -0.322. The lowest BCUT2D eigenvalue weighted by Gasteiger charge is -2.00. The zero-order chi connectivity index (χ0) is 17.8. The minimum absolute atomic E-state index is 0.143. The summed E-state index contributed by atoms with van der Waals surface area (Å²) in [7, 11) is 0. The number of hydrazone groups is 1. The first-order chi connectivity index (χ1) is 12.0. The first-order valence-corrected chi connectivity index (χ1v) is 7.73. The molecule has 1 heterocycles. The third kappa shape index (κ3) is 3.84. The summed E-state index contributed by atoms with van der Waals surface area (Å²) in [6.45, 7) is 0. The number of nitrogens with zero attached hydrogens (tertiary/aromatic N) is 2. The molecule has 0 radical (unpaired) electrons. The Kier molecular flexibility index (Phi) is 4.76. The van der Waals surface area contributed by atoms with Crippen molar-refractivity contribution in [3.63, 3.8) is 0 Å². The summed E-state index contributed by atoms with van der Waals surface area (Å²) in [6, 6.07) is 11.9. The Bertz CT molecular complexity index is 981. The molecule has 0 aliphatic rings. The monoisotopic (exact) mass is 356 g/mol. The summed E-state index contributed by atoms with van der Waals surface area (Å²) in [4.78, 5) is 25.6. The predicted molar refractivity (Wildman–Crippen MR) is 95.8 cm³/mol. The third-order valence-corrected chi connectivity index (χ3v) is 3.84. The van der Waals surface area contributed by atoms with Gasteiger partial charge < -0.3 is 4.98 Å². The van der Waals surface area contributed by atoms with Gasteiger partial charge in [0, 0.05) is 28.2 Å². The van der Waals surface area contributed by atoms with E-state index in [1.54, 1.807) is 6.20 Å². The predicted octanol–water partition coefficient (Wildman–Crippen LogP) is 3.42. The van der Waals surface area contributed by atoms with Crippen LogP contribution in [0.4, 0.5) is 5.69 Å². The molecule has 2 aromatic carbocycles. The Hall–Kier alpha value is -3.19. The fourth-order valence-electron chi connectivity index (χ4n) is 2.45. The van der Waals surface area contributed by atoms with Crippen LogP contribution in [-0.2, 0) is 11.2 Å². The van der Waals surface area contributed by atoms with Crippen LogP contribution in [0.3, 0.4) is 0 Å². The largest absolute Gasteiger partial charge is 0.361 e. The van der Waals surface area contributed by atoms with Gasteiger partial charge in [-0.05, 0) is 23.8 Å². The van der Waals surface area contributed by atoms with E-state index >= 15 is 0 Å². The quantitative estimate of drug-likeness (QED) is 0.416. The smallest absolute Gasteiger partial charge is 0.279 e. The normalized spacial score (nSPS) is 11.1. The van der Waals surface area contributed by atoms with Gasteiger partial charge in [0.15, 0.2) is 0 Å². The number of rotatable bonds is 5. The zero-order valence-corrected chi connectivity index (χ0v) is 13.7. The summed E-state index contributed by atoms with van der Waals surface area (Å²) >= 11 is 5.75. The highest BCUT2D eigenvalue weighted by molar-refractivity contribution is 6.30. The van der Waals surface area contributed by atoms with E-state index in [4.69, 9.17) is 11.6 Å². The number of halogens is 1. The number of H-pyrrole nitrogens is 1. The van der Waals surface area contributed by atoms with Crippen molar-refractivity contribution >= 4 is 40.3 Å². The lowest BCUT2D eigenvalue weighted by Crippen LogP contribution is -2.19. The van der Waals surface area contributed by atoms with E-state index in [1.807, 2.05) is 24.3 Å². The van der Waals surface area contributed by atoms with Gasteiger partial charge in [-0.15, -0.1) is 0 Å². The van der Waals surface area contributed by atoms with Gasteiger partial charge in [0.05, 0.1) is 23.1 Å². The Morgan fingerprint density at radius 1 is 1.32 bits per heavy atom. The molecule has 0 aliphatic heterocycles. The third-order valence-electron chi connectivity index (χ3n) is 3.61. The molecule has 126 valence electrons. The highest BCUT2D eigenvalue weighted by Crippen LogP contribution is 2.21. The van der Waals surface area contributed by atoms with Crippen molar-refractivity contribution in [2.45, 2.75) is 6.42 Å². The van der Waals surface area contributed by atoms with Crippen LogP contribution in [0.5, 0.6) is 0 Å². The van der Waals surface area contributed by atoms with Gasteiger partial charge in [0.25, 0.3) is 5.69 Å². The molecular weight excluding hydrogens is 344 g/mol. The van der Waals surface area contributed by atoms with Gasteiger partial charge in [0.2, 0.25) is 5.91 Å². The fraction of sp³-hybridized carbons (Fsp3) is 0.0588. The number of benzene rings is 2. The maximum atomic E-state index is 12.0. The molecule has 0 saturated heterocycles. The van der Waals surface area contributed by atoms with Crippen molar-refractivity contribution in [3.8, 4) is 0 Å². The second kappa shape index (κ2) is 7.14. The number of carbonyl (C=O) groups excluding carboxylic acids is 1. The number of nitro benzene ring substituents is 1. The Morgan fingerprint density at radius 3 is 2.92 bits per heavy atom. The molecule has 1 amide bonds. The van der Waals surface area contributed by atoms with E-state index in [-0.39, 0.29) is 28.6 Å². The average molecular weight is 357 g/mol. The number of nitro groups is 1. The second-order valence-electron chi connectivity index (χ2n) is 5.29. The molecule has 25 heavy (non-hydrogen) atoms. The van der Waals surface area contributed by atoms with E-state index in [2.05, 4.69) is 15.5 Å². The van der Waals surface area contributed by atoms with Crippen molar-refractivity contribution < 1.29 is 9.72 Å². The summed E-state index contributed by atoms with van der Waals surface area (Å²) in [6.07, 6.45) is 3.14. The molecule has 3 rings (SSSR count). The van der Waals surface area contributed by atoms with E-state index < -0.39 is 4.92 Å². The van der Waals surface area contributed by atoms with Crippen molar-refractivity contribution in [1.29, 1.82) is 0 Å². The van der Waals surface area contributed by atoms with Gasteiger partial charge in [-0.2, -0.15) is 5.10 Å². The summed E-state index contributed by atoms with van der Waals surface area (Å²) < 4.78 is 0. The highest BCUT2D eigenvalue weighted by atomic mass is 35.5. The average Bonchev–Trinajstić information content (AvgIpc) is 2.99. The van der Waals surface area contributed by atoms with Crippen LogP contribution >= 0.6 is 11.6 Å². The van der Waals surface area contributed by atoms with Crippen LogP contribution in [-0.4, -0.2) is 22.0 Å². The molecular formula is C17H13ClN4O3. The Morgan fingerprint density at radius 2 is 2.12 bits per heavy atom. The Balaban J connectivity index is 1.68. The Labute approximate surface area is 147 Å². The minimum atomic E-state index is -0.555. The van der Waals surface area contributed by atoms with Crippen molar-refractivity contribution in [2.75, 3.05) is 0 Å². The van der Waals surface area contributed by atoms with Crippen LogP contribution in [0.15, 0.2) is 53.8 Å².